The predicted molar refractivity (Wildman–Crippen MR) is 514 cm³/mol. The summed E-state index contributed by atoms with van der Waals surface area (Å²) in [7, 11) is 0. The van der Waals surface area contributed by atoms with Crippen LogP contribution in [0, 0.1) is 82.3 Å². The fraction of sp³-hybridized carbons (Fsp3) is 1.00. The van der Waals surface area contributed by atoms with E-state index in [1.807, 2.05) is 0 Å². The maximum atomic E-state index is 3.49. The van der Waals surface area contributed by atoms with Crippen LogP contribution in [0.5, 0.6) is 0 Å². The fourth-order valence-corrected chi connectivity index (χ4v) is 19.1. The second-order valence-corrected chi connectivity index (χ2v) is 43.8. The summed E-state index contributed by atoms with van der Waals surface area (Å²) in [5.41, 5.74) is 0.606. The molecule has 8 aliphatic rings. The van der Waals surface area contributed by atoms with Crippen LogP contribution in [0.1, 0.15) is 374 Å². The van der Waals surface area contributed by atoms with Crippen molar-refractivity contribution in [3.8, 4) is 0 Å². The predicted octanol–water partition coefficient (Wildman–Crippen LogP) is 23.1. The van der Waals surface area contributed by atoms with Crippen LogP contribution in [0.25, 0.3) is 0 Å². The lowest BCUT2D eigenvalue weighted by molar-refractivity contribution is 0.101. The first kappa shape index (κ1) is 112. The van der Waals surface area contributed by atoms with Crippen LogP contribution in [0.15, 0.2) is 0 Å². The Balaban J connectivity index is 0.000000652. The Morgan fingerprint density at radius 2 is 0.544 bits per heavy atom. The lowest BCUT2D eigenvalue weighted by Gasteiger charge is -2.39. The summed E-state index contributed by atoms with van der Waals surface area (Å²) in [4.78, 5) is 21.1. The van der Waals surface area contributed by atoms with Gasteiger partial charge in [-0.3, -0.25) is 4.90 Å². The Labute approximate surface area is 719 Å². The van der Waals surface area contributed by atoms with Crippen LogP contribution < -0.4 is 21.3 Å². The molecule has 8 fully saturated rings. The quantitative estimate of drug-likeness (QED) is 0.0448. The van der Waals surface area contributed by atoms with Crippen molar-refractivity contribution in [3.63, 3.8) is 0 Å². The van der Waals surface area contributed by atoms with Crippen molar-refractivity contribution in [2.45, 2.75) is 410 Å². The molecule has 0 aromatic rings. The molecule has 0 amide bonds. The zero-order valence-corrected chi connectivity index (χ0v) is 83.5. The van der Waals surface area contributed by atoms with Gasteiger partial charge in [0, 0.05) is 128 Å². The first-order chi connectivity index (χ1) is 53.9. The highest BCUT2D eigenvalue weighted by atomic mass is 15.2. The summed E-state index contributed by atoms with van der Waals surface area (Å²) < 4.78 is 0. The van der Waals surface area contributed by atoms with Crippen molar-refractivity contribution in [3.05, 3.63) is 0 Å². The molecule has 8 atom stereocenters. The Kier molecular flexibility index (Phi) is 66.5. The van der Waals surface area contributed by atoms with Gasteiger partial charge in [0.15, 0.2) is 0 Å². The lowest BCUT2D eigenvalue weighted by atomic mass is 9.82. The number of rotatable bonds is 37. The van der Waals surface area contributed by atoms with Crippen LogP contribution >= 0.6 is 0 Å². The molecule has 8 saturated heterocycles. The van der Waals surface area contributed by atoms with Gasteiger partial charge in [-0.25, -0.2) is 0 Å². The van der Waals surface area contributed by atoms with Gasteiger partial charge in [-0.15, -0.1) is 0 Å². The third kappa shape index (κ3) is 64.3. The van der Waals surface area contributed by atoms with Gasteiger partial charge >= 0.3 is 0 Å². The summed E-state index contributed by atoms with van der Waals surface area (Å²) in [5, 5.41) is 13.9. The summed E-state index contributed by atoms with van der Waals surface area (Å²) in [5.74, 6) is 11.7. The monoisotopic (exact) mass is 1610 g/mol. The molecule has 2 unspecified atom stereocenters. The van der Waals surface area contributed by atoms with E-state index in [1.54, 1.807) is 0 Å². The topological polar surface area (TPSA) is 74.0 Å². The second kappa shape index (κ2) is 67.9. The van der Waals surface area contributed by atoms with E-state index in [0.29, 0.717) is 29.6 Å². The number of unbranched alkanes of at least 4 members (excludes halogenated alkanes) is 4. The average Bonchev–Trinajstić information content (AvgIpc) is 0.860. The van der Waals surface area contributed by atoms with E-state index < -0.39 is 0 Å². The molecule has 0 saturated carbocycles. The van der Waals surface area contributed by atoms with Gasteiger partial charge in [0.25, 0.3) is 0 Å². The third-order valence-corrected chi connectivity index (χ3v) is 26.2. The highest BCUT2D eigenvalue weighted by molar-refractivity contribution is 4.83. The zero-order valence-electron chi connectivity index (χ0n) is 83.5. The minimum atomic E-state index is 0.606. The first-order valence-corrected chi connectivity index (χ1v) is 50.7. The number of hydrogen-bond acceptors (Lipinski definition) is 12. The van der Waals surface area contributed by atoms with Crippen molar-refractivity contribution in [2.75, 3.05) is 170 Å². The molecule has 0 bridgehead atoms. The maximum absolute atomic E-state index is 3.49. The van der Waals surface area contributed by atoms with Gasteiger partial charge < -0.3 is 55.6 Å². The summed E-state index contributed by atoms with van der Waals surface area (Å²) in [6.07, 6.45) is 38.1. The largest absolute Gasteiger partial charge is 0.313 e. The number of hydrogen-bond donors (Lipinski definition) is 4. The molecule has 114 heavy (non-hydrogen) atoms. The standard InChI is InChI=1S/3C14H29N.C13H28N2.C13H27N.2C12H26N2.C10H22N2/c1-12(2)8-5-6-11-15-13(3)9-7-10-14(15)4;1-13(2)7-5-6-10-15-11-8-14(3,4)9-12-15;1-12(2)7-5-6-8-15-10-13(3)9-14(4)11-15;1-11(2)13-5-8-15(9-6-13)10-7-14-12(3)4;1-12(2)6-4-5-9-14-10-7-13(3)8-11-14;2*1-10(2)13-5-6-14-8-11(3)7-12(4)9-14;1-10(2)11-6-9-12-7-4-3-5-8-12/h12-14H,5-11H2,1-4H3;13H,5-12H2,1-4H3;12-14H,5-11H2,1-4H3;11-14H,5-10H2,1-4H3;12-13H,4-11H2,1-3H3;2*10-13H,5-9H2,1-4H3;10-11H,3-9H2,1-2H3/t13-,14+;;;;;11-,12+;11-,12-;/m......0./s1. The van der Waals surface area contributed by atoms with E-state index >= 15 is 0 Å². The molecule has 12 heteroatoms. The molecule has 8 aliphatic heterocycles. The van der Waals surface area contributed by atoms with Crippen LogP contribution in [0.2, 0.25) is 0 Å². The van der Waals surface area contributed by atoms with E-state index in [-0.39, 0.29) is 0 Å². The SMILES string of the molecule is CC(C)CCCCN1CC(C)CC(C)C1.CC(C)CCCCN1CCC(C)(C)CC1.CC(C)CCCCN1CCC(C)CC1.CC(C)CCCCN1[C@H](C)CCC[C@@H]1C.CC(C)NCCN1CCC(C(C)C)CC1.CC(C)NCCN1CCCCC1.CC(C)NCCN1C[C@@H](C)C[C@H](C)C1.CC(C)NCCN1C[C@H](C)C[C@H](C)C1. The Hall–Kier alpha value is -0.480. The van der Waals surface area contributed by atoms with Gasteiger partial charge in [0.2, 0.25) is 0 Å². The van der Waals surface area contributed by atoms with Gasteiger partial charge in [0.05, 0.1) is 0 Å². The normalized spacial score (nSPS) is 25.1. The molecule has 4 N–H and O–H groups in total. The van der Waals surface area contributed by atoms with Crippen molar-refractivity contribution in [1.29, 1.82) is 0 Å². The minimum absolute atomic E-state index is 0.606. The molecule has 12 nitrogen and oxygen atoms in total. The molecular formula is C102H216N12. The van der Waals surface area contributed by atoms with Crippen LogP contribution in [0.4, 0.5) is 0 Å². The molecule has 684 valence electrons. The van der Waals surface area contributed by atoms with E-state index in [9.17, 15) is 0 Å². The minimum Gasteiger partial charge on any atom is -0.313 e. The van der Waals surface area contributed by atoms with Gasteiger partial charge in [-0.2, -0.15) is 0 Å². The highest BCUT2D eigenvalue weighted by Gasteiger charge is 2.28. The zero-order chi connectivity index (χ0) is 85.4. The fourth-order valence-electron chi connectivity index (χ4n) is 19.1. The van der Waals surface area contributed by atoms with Gasteiger partial charge in [-0.1, -0.05) is 251 Å². The molecule has 8 rings (SSSR count). The van der Waals surface area contributed by atoms with E-state index in [2.05, 4.69) is 261 Å². The Morgan fingerprint density at radius 3 is 0.860 bits per heavy atom. The lowest BCUT2D eigenvalue weighted by Crippen LogP contribution is -2.44. The van der Waals surface area contributed by atoms with Crippen LogP contribution in [-0.4, -0.2) is 246 Å². The smallest absolute Gasteiger partial charge is 0.0107 e. The van der Waals surface area contributed by atoms with Crippen molar-refractivity contribution < 1.29 is 0 Å². The summed E-state index contributed by atoms with van der Waals surface area (Å²) in [6, 6.07) is 4.15. The molecule has 0 spiro atoms. The number of nitrogens with one attached hydrogen (secondary N) is 4. The molecule has 0 aromatic heterocycles. The molecule has 0 aromatic carbocycles. The Morgan fingerprint density at radius 1 is 0.272 bits per heavy atom. The number of nitrogens with zero attached hydrogens (tertiary/aromatic N) is 8. The maximum Gasteiger partial charge on any atom is 0.0107 e. The van der Waals surface area contributed by atoms with Crippen molar-refractivity contribution in [2.24, 2.45) is 82.3 Å². The van der Waals surface area contributed by atoms with E-state index in [0.717, 1.165) is 115 Å². The van der Waals surface area contributed by atoms with Crippen molar-refractivity contribution in [1.82, 2.24) is 60.5 Å². The van der Waals surface area contributed by atoms with Gasteiger partial charge in [-0.05, 0) is 284 Å². The van der Waals surface area contributed by atoms with Gasteiger partial charge in [0.1, 0.15) is 0 Å². The molecule has 8 heterocycles. The van der Waals surface area contributed by atoms with Crippen LogP contribution in [-0.2, 0) is 0 Å². The summed E-state index contributed by atoms with van der Waals surface area (Å²) >= 11 is 0. The van der Waals surface area contributed by atoms with E-state index in [4.69, 9.17) is 0 Å². The Bertz CT molecular complexity index is 1990. The molecule has 0 aliphatic carbocycles. The molecule has 0 radical (unpaired) electrons. The van der Waals surface area contributed by atoms with Crippen LogP contribution in [0.3, 0.4) is 0 Å². The van der Waals surface area contributed by atoms with Crippen molar-refractivity contribution >= 4 is 0 Å². The number of likely N-dealkylation sites (tertiary alicyclic amines) is 8. The molecular weight excluding hydrogens is 1390 g/mol. The second-order valence-electron chi connectivity index (χ2n) is 43.8. The summed E-state index contributed by atoms with van der Waals surface area (Å²) in [6.45, 7) is 101. The number of piperidine rings is 8. The first-order valence-electron chi connectivity index (χ1n) is 50.7. The average molecular weight is 1610 g/mol. The highest BCUT2D eigenvalue weighted by Crippen LogP contribution is 2.31. The third-order valence-electron chi connectivity index (χ3n) is 26.2. The van der Waals surface area contributed by atoms with E-state index in [1.165, 1.54) is 317 Å².